The molecule has 1 aromatic carbocycles. The third-order valence-electron chi connectivity index (χ3n) is 2.06. The fraction of sp³-hybridized carbons (Fsp3) is 0.400. The number of halogens is 1. The minimum Gasteiger partial charge on any atom is -0.506 e. The Bertz CT molecular complexity index is 344. The first-order valence-electron chi connectivity index (χ1n) is 4.49. The average molecular weight is 232 g/mol. The number of hydrogen-bond donors (Lipinski definition) is 3. The summed E-state index contributed by atoms with van der Waals surface area (Å²) in [6.45, 7) is 0.330. The van der Waals surface area contributed by atoms with Gasteiger partial charge in [-0.15, -0.1) is 0 Å². The normalized spacial score (nSPS) is 12.5. The number of aromatic hydroxyl groups is 1. The van der Waals surface area contributed by atoms with Crippen LogP contribution in [0.1, 0.15) is 11.7 Å². The lowest BCUT2D eigenvalue weighted by molar-refractivity contribution is 0.173. The SMILES string of the molecule is CNCC(O)c1cc(OC)cc(Cl)c1O. The molecule has 84 valence electrons. The van der Waals surface area contributed by atoms with Gasteiger partial charge < -0.3 is 20.3 Å². The van der Waals surface area contributed by atoms with Gasteiger partial charge in [0.1, 0.15) is 11.5 Å². The molecule has 1 rings (SSSR count). The van der Waals surface area contributed by atoms with Gasteiger partial charge in [-0.1, -0.05) is 11.6 Å². The fourth-order valence-corrected chi connectivity index (χ4v) is 1.49. The molecule has 0 fully saturated rings. The molecule has 0 aliphatic rings. The largest absolute Gasteiger partial charge is 0.506 e. The Morgan fingerprint density at radius 1 is 1.53 bits per heavy atom. The van der Waals surface area contributed by atoms with E-state index in [0.29, 0.717) is 17.9 Å². The number of ether oxygens (including phenoxy) is 1. The van der Waals surface area contributed by atoms with Crippen LogP contribution in [0.15, 0.2) is 12.1 Å². The molecule has 0 radical (unpaired) electrons. The van der Waals surface area contributed by atoms with Crippen LogP contribution in [0.3, 0.4) is 0 Å². The Hall–Kier alpha value is -0.970. The number of aliphatic hydroxyl groups excluding tert-OH is 1. The van der Waals surface area contributed by atoms with Crippen molar-refractivity contribution < 1.29 is 14.9 Å². The van der Waals surface area contributed by atoms with Crippen molar-refractivity contribution in [1.82, 2.24) is 5.32 Å². The number of benzene rings is 1. The van der Waals surface area contributed by atoms with Crippen LogP contribution in [0, 0.1) is 0 Å². The lowest BCUT2D eigenvalue weighted by Crippen LogP contribution is -2.16. The number of aliphatic hydroxyl groups is 1. The van der Waals surface area contributed by atoms with Gasteiger partial charge in [0.25, 0.3) is 0 Å². The van der Waals surface area contributed by atoms with Crippen molar-refractivity contribution in [1.29, 1.82) is 0 Å². The number of nitrogens with one attached hydrogen (secondary N) is 1. The molecule has 0 heterocycles. The third-order valence-corrected chi connectivity index (χ3v) is 2.35. The molecule has 0 aliphatic heterocycles. The van der Waals surface area contributed by atoms with E-state index in [1.54, 1.807) is 13.1 Å². The maximum atomic E-state index is 9.71. The van der Waals surface area contributed by atoms with E-state index in [1.165, 1.54) is 13.2 Å². The minimum atomic E-state index is -0.817. The highest BCUT2D eigenvalue weighted by atomic mass is 35.5. The molecule has 1 aromatic rings. The molecule has 0 saturated carbocycles. The summed E-state index contributed by atoms with van der Waals surface area (Å²) in [6, 6.07) is 3.05. The van der Waals surface area contributed by atoms with Crippen molar-refractivity contribution >= 4 is 11.6 Å². The molecule has 3 N–H and O–H groups in total. The summed E-state index contributed by atoms with van der Waals surface area (Å²) in [7, 11) is 3.21. The maximum Gasteiger partial charge on any atom is 0.140 e. The number of likely N-dealkylation sites (N-methyl/N-ethyl adjacent to an activating group) is 1. The minimum absolute atomic E-state index is 0.111. The molecule has 0 spiro atoms. The third kappa shape index (κ3) is 2.75. The molecule has 1 atom stereocenters. The lowest BCUT2D eigenvalue weighted by Gasteiger charge is -2.14. The molecule has 4 nitrogen and oxygen atoms in total. The first kappa shape index (κ1) is 12.1. The smallest absolute Gasteiger partial charge is 0.140 e. The van der Waals surface area contributed by atoms with Gasteiger partial charge in [-0.2, -0.15) is 0 Å². The molecule has 0 aromatic heterocycles. The molecule has 5 heteroatoms. The second kappa shape index (κ2) is 5.21. The summed E-state index contributed by atoms with van der Waals surface area (Å²) >= 11 is 5.78. The summed E-state index contributed by atoms with van der Waals surface area (Å²) < 4.78 is 4.99. The maximum absolute atomic E-state index is 9.71. The zero-order valence-corrected chi connectivity index (χ0v) is 9.38. The summed E-state index contributed by atoms with van der Waals surface area (Å²) in [6.07, 6.45) is -0.817. The van der Waals surface area contributed by atoms with E-state index in [4.69, 9.17) is 16.3 Å². The van der Waals surface area contributed by atoms with Crippen molar-refractivity contribution in [2.45, 2.75) is 6.10 Å². The first-order chi connectivity index (χ1) is 7.10. The van der Waals surface area contributed by atoms with E-state index in [9.17, 15) is 10.2 Å². The Labute approximate surface area is 93.4 Å². The summed E-state index contributed by atoms with van der Waals surface area (Å²) in [5, 5.41) is 22.3. The Morgan fingerprint density at radius 2 is 2.20 bits per heavy atom. The standard InChI is InChI=1S/C10H14ClNO3/c1-12-5-9(13)7-3-6(15-2)4-8(11)10(7)14/h3-4,9,12-14H,5H2,1-2H3. The van der Waals surface area contributed by atoms with Crippen LogP contribution in [0.4, 0.5) is 0 Å². The predicted molar refractivity (Wildman–Crippen MR) is 58.6 cm³/mol. The quantitative estimate of drug-likeness (QED) is 0.731. The van der Waals surface area contributed by atoms with Gasteiger partial charge in [0.15, 0.2) is 0 Å². The number of phenolic OH excluding ortho intramolecular Hbond substituents is 1. The predicted octanol–water partition coefficient (Wildman–Crippen LogP) is 1.31. The highest BCUT2D eigenvalue weighted by molar-refractivity contribution is 6.32. The van der Waals surface area contributed by atoms with Crippen molar-refractivity contribution in [3.05, 3.63) is 22.7 Å². The summed E-state index contributed by atoms with van der Waals surface area (Å²) in [5.41, 5.74) is 0.355. The average Bonchev–Trinajstić information content (AvgIpc) is 2.22. The molecule has 0 amide bonds. The molecule has 0 aliphatic carbocycles. The zero-order valence-electron chi connectivity index (χ0n) is 8.62. The molecular weight excluding hydrogens is 218 g/mol. The van der Waals surface area contributed by atoms with Crippen molar-refractivity contribution in [2.24, 2.45) is 0 Å². The van der Waals surface area contributed by atoms with Gasteiger partial charge in [0.05, 0.1) is 18.2 Å². The van der Waals surface area contributed by atoms with Crippen LogP contribution < -0.4 is 10.1 Å². The first-order valence-corrected chi connectivity index (χ1v) is 4.87. The van der Waals surface area contributed by atoms with E-state index in [-0.39, 0.29) is 10.8 Å². The number of methoxy groups -OCH3 is 1. The number of phenols is 1. The van der Waals surface area contributed by atoms with Gasteiger partial charge in [-0.25, -0.2) is 0 Å². The summed E-state index contributed by atoms with van der Waals surface area (Å²) in [4.78, 5) is 0. The Balaban J connectivity index is 3.09. The zero-order chi connectivity index (χ0) is 11.4. The highest BCUT2D eigenvalue weighted by Crippen LogP contribution is 2.35. The van der Waals surface area contributed by atoms with Gasteiger partial charge in [0.2, 0.25) is 0 Å². The topological polar surface area (TPSA) is 61.7 Å². The lowest BCUT2D eigenvalue weighted by atomic mass is 10.1. The van der Waals surface area contributed by atoms with Crippen LogP contribution in [0.5, 0.6) is 11.5 Å². The van der Waals surface area contributed by atoms with E-state index >= 15 is 0 Å². The van der Waals surface area contributed by atoms with Gasteiger partial charge in [-0.3, -0.25) is 0 Å². The number of hydrogen-bond acceptors (Lipinski definition) is 4. The Morgan fingerprint density at radius 3 is 2.73 bits per heavy atom. The molecule has 1 unspecified atom stereocenters. The van der Waals surface area contributed by atoms with Gasteiger partial charge in [-0.05, 0) is 13.1 Å². The second-order valence-electron chi connectivity index (χ2n) is 3.12. The molecule has 15 heavy (non-hydrogen) atoms. The van der Waals surface area contributed by atoms with Crippen molar-refractivity contribution in [3.8, 4) is 11.5 Å². The molecule has 0 saturated heterocycles. The van der Waals surface area contributed by atoms with Gasteiger partial charge in [0, 0.05) is 18.2 Å². The monoisotopic (exact) mass is 231 g/mol. The summed E-state index contributed by atoms with van der Waals surface area (Å²) in [5.74, 6) is 0.392. The van der Waals surface area contributed by atoms with E-state index in [1.807, 2.05) is 0 Å². The van der Waals surface area contributed by atoms with Crippen molar-refractivity contribution in [3.63, 3.8) is 0 Å². The number of rotatable bonds is 4. The van der Waals surface area contributed by atoms with Crippen LogP contribution >= 0.6 is 11.6 Å². The Kier molecular flexibility index (Phi) is 4.20. The van der Waals surface area contributed by atoms with E-state index in [0.717, 1.165) is 0 Å². The van der Waals surface area contributed by atoms with E-state index < -0.39 is 6.10 Å². The second-order valence-corrected chi connectivity index (χ2v) is 3.53. The molecule has 0 bridgehead atoms. The van der Waals surface area contributed by atoms with Crippen LogP contribution in [-0.4, -0.2) is 30.9 Å². The van der Waals surface area contributed by atoms with E-state index in [2.05, 4.69) is 5.32 Å². The van der Waals surface area contributed by atoms with Gasteiger partial charge >= 0.3 is 0 Å². The van der Waals surface area contributed by atoms with Crippen molar-refractivity contribution in [2.75, 3.05) is 20.7 Å². The fourth-order valence-electron chi connectivity index (χ4n) is 1.27. The highest BCUT2D eigenvalue weighted by Gasteiger charge is 2.15. The van der Waals surface area contributed by atoms with Crippen LogP contribution in [0.25, 0.3) is 0 Å². The van der Waals surface area contributed by atoms with Crippen LogP contribution in [0.2, 0.25) is 5.02 Å². The van der Waals surface area contributed by atoms with Crippen LogP contribution in [-0.2, 0) is 0 Å². The molecular formula is C10H14ClNO3.